The van der Waals surface area contributed by atoms with Crippen LogP contribution in [0.25, 0.3) is 0 Å². The van der Waals surface area contributed by atoms with Gasteiger partial charge in [-0.15, -0.1) is 0 Å². The molecule has 1 aromatic carbocycles. The summed E-state index contributed by atoms with van der Waals surface area (Å²) in [4.78, 5) is 8.78. The average molecular weight is 296 g/mol. The third-order valence-corrected chi connectivity index (χ3v) is 3.59. The molecule has 0 radical (unpaired) electrons. The van der Waals surface area contributed by atoms with Crippen LogP contribution in [-0.2, 0) is 6.42 Å². The van der Waals surface area contributed by atoms with E-state index in [1.54, 1.807) is 0 Å². The van der Waals surface area contributed by atoms with Crippen molar-refractivity contribution in [3.8, 4) is 0 Å². The van der Waals surface area contributed by atoms with Gasteiger partial charge in [0.1, 0.15) is 0 Å². The van der Waals surface area contributed by atoms with E-state index in [0.717, 1.165) is 29.1 Å². The van der Waals surface area contributed by atoms with E-state index in [1.165, 1.54) is 5.56 Å². The first-order chi connectivity index (χ1) is 10.5. The van der Waals surface area contributed by atoms with Crippen molar-refractivity contribution in [3.63, 3.8) is 0 Å². The Morgan fingerprint density at radius 1 is 1.18 bits per heavy atom. The number of aryl methyl sites for hydroxylation is 2. The molecule has 2 aromatic rings. The average Bonchev–Trinajstić information content (AvgIpc) is 2.52. The monoisotopic (exact) mass is 296 g/mol. The molecule has 0 fully saturated rings. The molecule has 0 atom stereocenters. The van der Waals surface area contributed by atoms with Crippen molar-refractivity contribution in [2.45, 2.75) is 47.0 Å². The first-order valence-corrected chi connectivity index (χ1v) is 7.74. The maximum absolute atomic E-state index is 4.43. The van der Waals surface area contributed by atoms with Crippen molar-refractivity contribution in [3.05, 3.63) is 52.8 Å². The molecular formula is C18H24N4. The Kier molecular flexibility index (Phi) is 5.26. The van der Waals surface area contributed by atoms with Crippen molar-refractivity contribution in [2.24, 2.45) is 5.10 Å². The highest BCUT2D eigenvalue weighted by atomic mass is 15.4. The molecule has 0 amide bonds. The number of anilines is 1. The van der Waals surface area contributed by atoms with Crippen molar-refractivity contribution in [1.82, 2.24) is 9.97 Å². The molecule has 0 aliphatic heterocycles. The van der Waals surface area contributed by atoms with Crippen molar-refractivity contribution < 1.29 is 0 Å². The molecule has 1 N–H and O–H groups in total. The highest BCUT2D eigenvalue weighted by molar-refractivity contribution is 5.99. The lowest BCUT2D eigenvalue weighted by Crippen LogP contribution is -2.04. The SMILES string of the molecule is CCc1cc(C)nc(NN=C(C)c2ccc(C(C)C)cc2)n1. The Labute approximate surface area is 132 Å². The summed E-state index contributed by atoms with van der Waals surface area (Å²) in [5.41, 5.74) is 8.27. The maximum atomic E-state index is 4.43. The second kappa shape index (κ2) is 7.16. The Morgan fingerprint density at radius 2 is 1.86 bits per heavy atom. The molecule has 2 rings (SSSR count). The van der Waals surface area contributed by atoms with Gasteiger partial charge in [0.15, 0.2) is 0 Å². The summed E-state index contributed by atoms with van der Waals surface area (Å²) in [5, 5.41) is 4.40. The lowest BCUT2D eigenvalue weighted by atomic mass is 10.0. The number of benzene rings is 1. The molecule has 1 aromatic heterocycles. The van der Waals surface area contributed by atoms with Gasteiger partial charge in [-0.05, 0) is 43.4 Å². The van der Waals surface area contributed by atoms with Gasteiger partial charge >= 0.3 is 0 Å². The van der Waals surface area contributed by atoms with Gasteiger partial charge in [-0.2, -0.15) is 5.10 Å². The van der Waals surface area contributed by atoms with Gasteiger partial charge in [0.25, 0.3) is 0 Å². The summed E-state index contributed by atoms with van der Waals surface area (Å²) in [6.07, 6.45) is 0.886. The Morgan fingerprint density at radius 3 is 2.45 bits per heavy atom. The van der Waals surface area contributed by atoms with E-state index in [0.29, 0.717) is 11.9 Å². The van der Waals surface area contributed by atoms with Gasteiger partial charge in [0, 0.05) is 11.4 Å². The van der Waals surface area contributed by atoms with Gasteiger partial charge in [-0.25, -0.2) is 15.4 Å². The van der Waals surface area contributed by atoms with Crippen LogP contribution in [0.15, 0.2) is 35.4 Å². The number of hydrogen-bond acceptors (Lipinski definition) is 4. The fourth-order valence-electron chi connectivity index (χ4n) is 2.17. The van der Waals surface area contributed by atoms with Crippen LogP contribution in [0.3, 0.4) is 0 Å². The Bertz CT molecular complexity index is 657. The highest BCUT2D eigenvalue weighted by Crippen LogP contribution is 2.15. The first kappa shape index (κ1) is 16.1. The van der Waals surface area contributed by atoms with Crippen LogP contribution >= 0.6 is 0 Å². The summed E-state index contributed by atoms with van der Waals surface area (Å²) in [6, 6.07) is 10.5. The minimum atomic E-state index is 0.539. The summed E-state index contributed by atoms with van der Waals surface area (Å²) in [6.45, 7) is 10.4. The minimum absolute atomic E-state index is 0.539. The maximum Gasteiger partial charge on any atom is 0.243 e. The summed E-state index contributed by atoms with van der Waals surface area (Å²) >= 11 is 0. The predicted molar refractivity (Wildman–Crippen MR) is 92.5 cm³/mol. The van der Waals surface area contributed by atoms with E-state index >= 15 is 0 Å². The second-order valence-corrected chi connectivity index (χ2v) is 5.76. The zero-order valence-electron chi connectivity index (χ0n) is 14.0. The van der Waals surface area contributed by atoms with Crippen LogP contribution in [-0.4, -0.2) is 15.7 Å². The second-order valence-electron chi connectivity index (χ2n) is 5.76. The molecule has 1 heterocycles. The van der Waals surface area contributed by atoms with E-state index in [4.69, 9.17) is 0 Å². The van der Waals surface area contributed by atoms with Crippen molar-refractivity contribution in [2.75, 3.05) is 5.43 Å². The number of aromatic nitrogens is 2. The van der Waals surface area contributed by atoms with Crippen LogP contribution in [0.2, 0.25) is 0 Å². The quantitative estimate of drug-likeness (QED) is 0.661. The van der Waals surface area contributed by atoms with Gasteiger partial charge < -0.3 is 0 Å². The number of nitrogens with zero attached hydrogens (tertiary/aromatic N) is 3. The van der Waals surface area contributed by atoms with Gasteiger partial charge in [0.05, 0.1) is 5.71 Å². The largest absolute Gasteiger partial charge is 0.245 e. The summed E-state index contributed by atoms with van der Waals surface area (Å²) in [5.74, 6) is 1.09. The zero-order valence-corrected chi connectivity index (χ0v) is 14.0. The Balaban J connectivity index is 2.13. The fourth-order valence-corrected chi connectivity index (χ4v) is 2.17. The summed E-state index contributed by atoms with van der Waals surface area (Å²) in [7, 11) is 0. The van der Waals surface area contributed by atoms with Gasteiger partial charge in [-0.1, -0.05) is 45.0 Å². The molecule has 0 bridgehead atoms. The molecule has 4 heteroatoms. The summed E-state index contributed by atoms with van der Waals surface area (Å²) < 4.78 is 0. The topological polar surface area (TPSA) is 50.2 Å². The van der Waals surface area contributed by atoms with E-state index in [-0.39, 0.29) is 0 Å². The first-order valence-electron chi connectivity index (χ1n) is 7.74. The lowest BCUT2D eigenvalue weighted by molar-refractivity contribution is 0.866. The predicted octanol–water partition coefficient (Wildman–Crippen LogP) is 4.31. The number of nitrogens with one attached hydrogen (secondary N) is 1. The third kappa shape index (κ3) is 4.13. The molecule has 22 heavy (non-hydrogen) atoms. The van der Waals surface area contributed by atoms with Crippen LogP contribution in [0.1, 0.15) is 56.1 Å². The van der Waals surface area contributed by atoms with Crippen LogP contribution in [0, 0.1) is 6.92 Å². The molecule has 0 spiro atoms. The third-order valence-electron chi connectivity index (χ3n) is 3.59. The van der Waals surface area contributed by atoms with Crippen LogP contribution in [0.4, 0.5) is 5.95 Å². The fraction of sp³-hybridized carbons (Fsp3) is 0.389. The standard InChI is InChI=1S/C18H24N4/c1-6-17-11-13(4)19-18(20-17)22-21-14(5)16-9-7-15(8-10-16)12(2)3/h7-12H,6H2,1-5H3,(H,19,20,22). The van der Waals surface area contributed by atoms with E-state index in [9.17, 15) is 0 Å². The van der Waals surface area contributed by atoms with Gasteiger partial charge in [0.2, 0.25) is 5.95 Å². The number of hydrogen-bond donors (Lipinski definition) is 1. The van der Waals surface area contributed by atoms with Crippen LogP contribution < -0.4 is 5.43 Å². The van der Waals surface area contributed by atoms with Crippen LogP contribution in [0.5, 0.6) is 0 Å². The molecule has 116 valence electrons. The zero-order chi connectivity index (χ0) is 16.1. The minimum Gasteiger partial charge on any atom is -0.245 e. The molecule has 0 saturated heterocycles. The molecule has 0 unspecified atom stereocenters. The molecule has 0 aliphatic carbocycles. The van der Waals surface area contributed by atoms with E-state index in [2.05, 4.69) is 65.5 Å². The molecule has 0 aliphatic rings. The smallest absolute Gasteiger partial charge is 0.243 e. The molecule has 0 saturated carbocycles. The van der Waals surface area contributed by atoms with Crippen molar-refractivity contribution in [1.29, 1.82) is 0 Å². The number of rotatable bonds is 5. The number of hydrazone groups is 1. The lowest BCUT2D eigenvalue weighted by Gasteiger charge is -2.07. The normalized spacial score (nSPS) is 11.8. The molecule has 4 nitrogen and oxygen atoms in total. The molecular weight excluding hydrogens is 272 g/mol. The Hall–Kier alpha value is -2.23. The van der Waals surface area contributed by atoms with Gasteiger partial charge in [-0.3, -0.25) is 0 Å². The van der Waals surface area contributed by atoms with E-state index in [1.807, 2.05) is 19.9 Å². The highest BCUT2D eigenvalue weighted by Gasteiger charge is 2.03. The van der Waals surface area contributed by atoms with Crippen molar-refractivity contribution >= 4 is 11.7 Å². The van der Waals surface area contributed by atoms with E-state index < -0.39 is 0 Å².